The molecule has 1 aliphatic carbocycles. The molecule has 1 saturated heterocycles. The van der Waals surface area contributed by atoms with Crippen LogP contribution in [-0.4, -0.2) is 64.9 Å². The third-order valence-electron chi connectivity index (χ3n) is 7.60. The fraction of sp³-hybridized carbons (Fsp3) is 0.480. The number of pyridine rings is 1. The first-order valence-electron chi connectivity index (χ1n) is 11.4. The highest BCUT2D eigenvalue weighted by Gasteiger charge is 2.52. The molecule has 2 amide bonds. The van der Waals surface area contributed by atoms with Crippen molar-refractivity contribution in [1.29, 1.82) is 0 Å². The summed E-state index contributed by atoms with van der Waals surface area (Å²) in [6.07, 6.45) is 11.4. The third kappa shape index (κ3) is 3.10. The van der Waals surface area contributed by atoms with Crippen LogP contribution in [0.1, 0.15) is 37.6 Å². The van der Waals surface area contributed by atoms with Crippen molar-refractivity contribution in [2.75, 3.05) is 26.7 Å². The van der Waals surface area contributed by atoms with Crippen molar-refractivity contribution < 1.29 is 9.59 Å². The number of allylic oxidation sites excluding steroid dienone is 1. The fourth-order valence-electron chi connectivity index (χ4n) is 5.37. The average molecular weight is 434 g/mol. The van der Waals surface area contributed by atoms with Crippen molar-refractivity contribution in [2.24, 2.45) is 5.41 Å². The predicted molar refractivity (Wildman–Crippen MR) is 123 cm³/mol. The van der Waals surface area contributed by atoms with Crippen molar-refractivity contribution in [2.45, 2.75) is 45.2 Å². The van der Waals surface area contributed by atoms with E-state index in [2.05, 4.69) is 40.7 Å². The fourth-order valence-corrected chi connectivity index (χ4v) is 5.37. The van der Waals surface area contributed by atoms with E-state index in [1.54, 1.807) is 0 Å². The van der Waals surface area contributed by atoms with Crippen molar-refractivity contribution in [3.8, 4) is 0 Å². The molecule has 0 radical (unpaired) electrons. The minimum atomic E-state index is -0.551. The van der Waals surface area contributed by atoms with Crippen LogP contribution in [0.5, 0.6) is 0 Å². The lowest BCUT2D eigenvalue weighted by Crippen LogP contribution is -2.64. The maximum atomic E-state index is 12.9. The van der Waals surface area contributed by atoms with Crippen LogP contribution in [0.3, 0.4) is 0 Å². The molecule has 1 spiro atoms. The number of likely N-dealkylation sites (N-methyl/N-ethyl adjacent to an activating group) is 1. The molecule has 2 N–H and O–H groups in total. The Hall–Kier alpha value is -2.93. The minimum absolute atomic E-state index is 0.0572. The van der Waals surface area contributed by atoms with Gasteiger partial charge in [0.25, 0.3) is 0 Å². The van der Waals surface area contributed by atoms with Gasteiger partial charge in [-0.15, -0.1) is 0 Å². The van der Waals surface area contributed by atoms with Crippen LogP contribution >= 0.6 is 0 Å². The largest absolute Gasteiger partial charge is 0.368 e. The maximum absolute atomic E-state index is 12.9. The number of carbonyl (C=O) groups is 2. The van der Waals surface area contributed by atoms with E-state index in [0.29, 0.717) is 19.4 Å². The molecule has 0 bridgehead atoms. The van der Waals surface area contributed by atoms with E-state index in [9.17, 15) is 9.59 Å². The average Bonchev–Trinajstić information content (AvgIpc) is 3.27. The number of hydrogen-bond donors (Lipinski definition) is 2. The van der Waals surface area contributed by atoms with Crippen molar-refractivity contribution in [1.82, 2.24) is 25.4 Å². The van der Waals surface area contributed by atoms with Crippen LogP contribution in [0, 0.1) is 5.41 Å². The van der Waals surface area contributed by atoms with Gasteiger partial charge in [-0.2, -0.15) is 0 Å². The molecule has 2 atom stereocenters. The Morgan fingerprint density at radius 1 is 1.28 bits per heavy atom. The Kier molecular flexibility index (Phi) is 4.78. The number of nitrogens with zero attached hydrogens (tertiary/aromatic N) is 3. The normalized spacial score (nSPS) is 29.0. The van der Waals surface area contributed by atoms with E-state index in [-0.39, 0.29) is 17.9 Å². The summed E-state index contributed by atoms with van der Waals surface area (Å²) in [5.74, 6) is 1.06. The molecule has 0 aromatic carbocycles. The molecule has 0 saturated carbocycles. The zero-order chi connectivity index (χ0) is 22.7. The molecule has 4 heterocycles. The van der Waals surface area contributed by atoms with E-state index < -0.39 is 11.0 Å². The van der Waals surface area contributed by atoms with Gasteiger partial charge in [0, 0.05) is 49.6 Å². The quantitative estimate of drug-likeness (QED) is 0.758. The minimum Gasteiger partial charge on any atom is -0.368 e. The van der Waals surface area contributed by atoms with Crippen LogP contribution in [0.2, 0.25) is 0 Å². The number of fused-ring (bicyclic) bond motifs is 2. The molecule has 168 valence electrons. The maximum Gasteiger partial charge on any atom is 0.243 e. The highest BCUT2D eigenvalue weighted by molar-refractivity contribution is 5.93. The number of hydrogen-bond acceptors (Lipinski definition) is 5. The Bertz CT molecular complexity index is 1090. The molecular formula is C25H31N5O2. The lowest BCUT2D eigenvalue weighted by Gasteiger charge is -2.47. The van der Waals surface area contributed by atoms with Crippen LogP contribution < -0.4 is 10.6 Å². The molecule has 7 nitrogen and oxygen atoms in total. The number of carbonyl (C=O) groups excluding carboxylic acids is 2. The van der Waals surface area contributed by atoms with Gasteiger partial charge in [0.05, 0.1) is 11.0 Å². The standard InChI is InChI=1S/C25H31N5O2/c1-16-15-29(4)24(2,3)23(32)30(16)10-6-7-17-11-18-12-25(13-20(18)27-14-17)19-8-5-9-26-21(19)28-22(25)31/h5-8,11,14,16,26H,9-10,12-13,15H2,1-4H3,(H,28,31)/b7-6+/t16?,25-/m0/s1. The summed E-state index contributed by atoms with van der Waals surface area (Å²) >= 11 is 0. The molecule has 1 aromatic heterocycles. The van der Waals surface area contributed by atoms with E-state index in [0.717, 1.165) is 41.3 Å². The number of rotatable bonds is 3. The molecular weight excluding hydrogens is 402 g/mol. The molecule has 7 heteroatoms. The summed E-state index contributed by atoms with van der Waals surface area (Å²) < 4.78 is 0. The second kappa shape index (κ2) is 7.30. The molecule has 32 heavy (non-hydrogen) atoms. The van der Waals surface area contributed by atoms with Crippen LogP contribution in [0.15, 0.2) is 41.9 Å². The van der Waals surface area contributed by atoms with E-state index in [4.69, 9.17) is 4.98 Å². The Morgan fingerprint density at radius 3 is 2.91 bits per heavy atom. The number of aromatic nitrogens is 1. The smallest absolute Gasteiger partial charge is 0.243 e. The monoisotopic (exact) mass is 433 g/mol. The van der Waals surface area contributed by atoms with Gasteiger partial charge in [0.2, 0.25) is 11.8 Å². The van der Waals surface area contributed by atoms with Gasteiger partial charge < -0.3 is 15.5 Å². The van der Waals surface area contributed by atoms with Gasteiger partial charge in [-0.25, -0.2) is 0 Å². The highest BCUT2D eigenvalue weighted by Crippen LogP contribution is 2.47. The summed E-state index contributed by atoms with van der Waals surface area (Å²) in [5.41, 5.74) is 3.13. The zero-order valence-corrected chi connectivity index (χ0v) is 19.2. The number of dihydropyridines is 1. The first-order chi connectivity index (χ1) is 15.2. The van der Waals surface area contributed by atoms with Crippen molar-refractivity contribution >= 4 is 17.9 Å². The summed E-state index contributed by atoms with van der Waals surface area (Å²) in [7, 11) is 2.01. The second-order valence-electron chi connectivity index (χ2n) is 9.98. The van der Waals surface area contributed by atoms with E-state index >= 15 is 0 Å². The predicted octanol–water partition coefficient (Wildman–Crippen LogP) is 1.62. The number of nitrogens with one attached hydrogen (secondary N) is 2. The Labute approximate surface area is 189 Å². The van der Waals surface area contributed by atoms with Crippen LogP contribution in [-0.2, 0) is 22.4 Å². The molecule has 1 unspecified atom stereocenters. The van der Waals surface area contributed by atoms with E-state index in [1.165, 1.54) is 0 Å². The van der Waals surface area contributed by atoms with Crippen molar-refractivity contribution in [3.63, 3.8) is 0 Å². The summed E-state index contributed by atoms with van der Waals surface area (Å²) in [4.78, 5) is 34.6. The van der Waals surface area contributed by atoms with Gasteiger partial charge in [0.15, 0.2) is 0 Å². The lowest BCUT2D eigenvalue weighted by atomic mass is 9.78. The van der Waals surface area contributed by atoms with E-state index in [1.807, 2.05) is 44.1 Å². The molecule has 5 rings (SSSR count). The lowest BCUT2D eigenvalue weighted by molar-refractivity contribution is -0.150. The first-order valence-corrected chi connectivity index (χ1v) is 11.4. The van der Waals surface area contributed by atoms with Crippen LogP contribution in [0.4, 0.5) is 0 Å². The second-order valence-corrected chi connectivity index (χ2v) is 9.98. The summed E-state index contributed by atoms with van der Waals surface area (Å²) in [5, 5.41) is 6.29. The molecule has 1 aromatic rings. The summed E-state index contributed by atoms with van der Waals surface area (Å²) in [6, 6.07) is 2.31. The van der Waals surface area contributed by atoms with Gasteiger partial charge in [-0.05, 0) is 51.4 Å². The SMILES string of the molecule is CC1CN(C)C(C)(C)C(=O)N1C/C=C/c1cnc2c(c1)C[C@@]1(C2)C(=O)NC2=C1C=CCN2. The van der Waals surface area contributed by atoms with Crippen molar-refractivity contribution in [3.05, 3.63) is 58.7 Å². The first kappa shape index (κ1) is 20.9. The van der Waals surface area contributed by atoms with Gasteiger partial charge >= 0.3 is 0 Å². The molecule has 1 fully saturated rings. The Morgan fingerprint density at radius 2 is 2.09 bits per heavy atom. The zero-order valence-electron chi connectivity index (χ0n) is 19.2. The topological polar surface area (TPSA) is 77.6 Å². The molecule has 4 aliphatic rings. The number of amides is 2. The highest BCUT2D eigenvalue weighted by atomic mass is 16.2. The Balaban J connectivity index is 1.32. The van der Waals surface area contributed by atoms with Gasteiger partial charge in [-0.1, -0.05) is 24.3 Å². The number of piperazine rings is 1. The van der Waals surface area contributed by atoms with Crippen LogP contribution in [0.25, 0.3) is 6.08 Å². The van der Waals surface area contributed by atoms with Gasteiger partial charge in [-0.3, -0.25) is 19.5 Å². The summed E-state index contributed by atoms with van der Waals surface area (Å²) in [6.45, 7) is 8.23. The third-order valence-corrected chi connectivity index (χ3v) is 7.60. The van der Waals surface area contributed by atoms with Gasteiger partial charge in [0.1, 0.15) is 5.82 Å². The molecule has 3 aliphatic heterocycles.